The van der Waals surface area contributed by atoms with Gasteiger partial charge in [0.25, 0.3) is 5.91 Å². The maximum Gasteiger partial charge on any atom is 0.266 e. The number of nitriles is 1. The molecule has 0 saturated carbocycles. The number of hydrogen-bond donors (Lipinski definition) is 1. The summed E-state index contributed by atoms with van der Waals surface area (Å²) in [4.78, 5) is 12.5. The van der Waals surface area contributed by atoms with Crippen molar-refractivity contribution in [2.45, 2.75) is 13.3 Å². The van der Waals surface area contributed by atoms with Crippen molar-refractivity contribution < 1.29 is 9.53 Å². The number of benzene rings is 2. The fourth-order valence-corrected chi connectivity index (χ4v) is 3.37. The molecule has 1 amide bonds. The number of halogens is 2. The van der Waals surface area contributed by atoms with Crippen molar-refractivity contribution in [3.05, 3.63) is 87.4 Å². The summed E-state index contributed by atoms with van der Waals surface area (Å²) >= 11 is 9.59. The summed E-state index contributed by atoms with van der Waals surface area (Å²) in [5.41, 5.74) is 2.96. The van der Waals surface area contributed by atoms with E-state index in [0.717, 1.165) is 11.1 Å². The van der Waals surface area contributed by atoms with Crippen LogP contribution in [0.3, 0.4) is 0 Å². The Balaban J connectivity index is 2.34. The van der Waals surface area contributed by atoms with Gasteiger partial charge >= 0.3 is 0 Å². The summed E-state index contributed by atoms with van der Waals surface area (Å²) < 4.78 is 6.43. The molecule has 2 aromatic carbocycles. The lowest BCUT2D eigenvalue weighted by Crippen LogP contribution is -2.13. The minimum atomic E-state index is -0.513. The minimum Gasteiger partial charge on any atom is -0.488 e. The molecule has 0 aliphatic rings. The van der Waals surface area contributed by atoms with Crippen molar-refractivity contribution in [2.75, 3.05) is 11.9 Å². The molecule has 148 valence electrons. The molecule has 0 saturated heterocycles. The second-order valence-corrected chi connectivity index (χ2v) is 7.43. The van der Waals surface area contributed by atoms with Gasteiger partial charge in [-0.1, -0.05) is 36.4 Å². The van der Waals surface area contributed by atoms with Crippen LogP contribution >= 0.6 is 27.5 Å². The molecule has 1 N–H and O–H groups in total. The number of nitrogens with zero attached hydrogens (tertiary/aromatic N) is 1. The lowest BCUT2D eigenvalue weighted by Gasteiger charge is -2.13. The number of amides is 1. The van der Waals surface area contributed by atoms with Crippen LogP contribution in [0.25, 0.3) is 6.08 Å². The number of rotatable bonds is 8. The fourth-order valence-electron chi connectivity index (χ4n) is 2.55. The Morgan fingerprint density at radius 3 is 2.69 bits per heavy atom. The van der Waals surface area contributed by atoms with Crippen LogP contribution in [-0.4, -0.2) is 12.5 Å². The molecule has 0 aliphatic heterocycles. The summed E-state index contributed by atoms with van der Waals surface area (Å²) in [5.74, 6) is 0.167. The minimum absolute atomic E-state index is 0.0297. The maximum atomic E-state index is 12.5. The quantitative estimate of drug-likeness (QED) is 0.281. The van der Waals surface area contributed by atoms with E-state index in [2.05, 4.69) is 34.4 Å². The van der Waals surface area contributed by atoms with Crippen molar-refractivity contribution in [1.29, 1.82) is 5.26 Å². The Morgan fingerprint density at radius 2 is 2.07 bits per heavy atom. The van der Waals surface area contributed by atoms with E-state index < -0.39 is 5.91 Å². The first-order valence-electron chi connectivity index (χ1n) is 8.76. The summed E-state index contributed by atoms with van der Waals surface area (Å²) in [6, 6.07) is 10.8. The van der Waals surface area contributed by atoms with Gasteiger partial charge in [0.2, 0.25) is 0 Å². The van der Waals surface area contributed by atoms with Gasteiger partial charge in [0.05, 0.1) is 4.47 Å². The van der Waals surface area contributed by atoms with E-state index in [1.54, 1.807) is 36.4 Å². The van der Waals surface area contributed by atoms with Crippen LogP contribution in [0.2, 0.25) is 5.02 Å². The van der Waals surface area contributed by atoms with E-state index in [1.165, 1.54) is 6.08 Å². The highest BCUT2D eigenvalue weighted by molar-refractivity contribution is 9.10. The van der Waals surface area contributed by atoms with Gasteiger partial charge in [0, 0.05) is 10.7 Å². The molecule has 0 spiro atoms. The number of carbonyl (C=O) groups excluding carboxylic acids is 1. The predicted molar refractivity (Wildman–Crippen MR) is 122 cm³/mol. The Morgan fingerprint density at radius 1 is 1.31 bits per heavy atom. The van der Waals surface area contributed by atoms with Crippen LogP contribution in [0.15, 0.2) is 65.7 Å². The van der Waals surface area contributed by atoms with Gasteiger partial charge in [0.1, 0.15) is 24.0 Å². The number of ether oxygens (including phenoxy) is 1. The maximum absolute atomic E-state index is 12.5. The highest BCUT2D eigenvalue weighted by atomic mass is 79.9. The zero-order chi connectivity index (χ0) is 21.4. The van der Waals surface area contributed by atoms with Crippen LogP contribution in [-0.2, 0) is 11.2 Å². The lowest BCUT2D eigenvalue weighted by molar-refractivity contribution is -0.112. The third-order valence-corrected chi connectivity index (χ3v) is 4.95. The number of anilines is 1. The van der Waals surface area contributed by atoms with Crippen molar-refractivity contribution >= 4 is 45.2 Å². The average Bonchev–Trinajstić information content (AvgIpc) is 2.68. The molecular weight excluding hydrogens is 452 g/mol. The van der Waals surface area contributed by atoms with Crippen LogP contribution in [0.1, 0.15) is 16.7 Å². The number of allylic oxidation sites excluding steroid dienone is 1. The highest BCUT2D eigenvalue weighted by Gasteiger charge is 2.13. The fraction of sp³-hybridized carbons (Fsp3) is 0.130. The third kappa shape index (κ3) is 6.08. The van der Waals surface area contributed by atoms with E-state index >= 15 is 0 Å². The lowest BCUT2D eigenvalue weighted by atomic mass is 10.0. The molecule has 0 bridgehead atoms. The second kappa shape index (κ2) is 10.7. The summed E-state index contributed by atoms with van der Waals surface area (Å²) in [6.45, 7) is 9.66. The van der Waals surface area contributed by atoms with Crippen molar-refractivity contribution in [3.8, 4) is 11.8 Å². The monoisotopic (exact) mass is 470 g/mol. The summed E-state index contributed by atoms with van der Waals surface area (Å²) in [6.07, 6.45) is 5.52. The standard InChI is InChI=1S/C23H20BrClN2O2/c1-4-6-17-10-16(12-20(24)22(17)29-9-5-2)11-18(14-26)23(28)27-19-8-7-15(3)21(25)13-19/h4-5,7-8,10-13H,1-2,6,9H2,3H3,(H,27,28)/b18-11-. The molecular formula is C23H20BrClN2O2. The number of carbonyl (C=O) groups is 1. The average molecular weight is 472 g/mol. The van der Waals surface area contributed by atoms with E-state index in [4.69, 9.17) is 16.3 Å². The zero-order valence-corrected chi connectivity index (χ0v) is 18.3. The molecule has 0 fully saturated rings. The smallest absolute Gasteiger partial charge is 0.266 e. The van der Waals surface area contributed by atoms with Crippen molar-refractivity contribution in [2.24, 2.45) is 0 Å². The SMILES string of the molecule is C=CCOc1c(Br)cc(/C=C(/C#N)C(=O)Nc2ccc(C)c(Cl)c2)cc1CC=C. The number of aryl methyl sites for hydroxylation is 1. The number of hydrogen-bond acceptors (Lipinski definition) is 3. The van der Waals surface area contributed by atoms with Gasteiger partial charge in [0.15, 0.2) is 0 Å². The first-order chi connectivity index (χ1) is 13.9. The third-order valence-electron chi connectivity index (χ3n) is 3.96. The van der Waals surface area contributed by atoms with Crippen molar-refractivity contribution in [1.82, 2.24) is 0 Å². The van der Waals surface area contributed by atoms with Crippen LogP contribution in [0, 0.1) is 18.3 Å². The Labute approximate surface area is 184 Å². The van der Waals surface area contributed by atoms with Gasteiger partial charge in [-0.3, -0.25) is 4.79 Å². The largest absolute Gasteiger partial charge is 0.488 e. The predicted octanol–water partition coefficient (Wildman–Crippen LogP) is 6.25. The normalized spacial score (nSPS) is 10.8. The molecule has 0 unspecified atom stereocenters. The molecule has 4 nitrogen and oxygen atoms in total. The topological polar surface area (TPSA) is 62.1 Å². The van der Waals surface area contributed by atoms with Gasteiger partial charge < -0.3 is 10.1 Å². The zero-order valence-electron chi connectivity index (χ0n) is 16.0. The first-order valence-corrected chi connectivity index (χ1v) is 9.93. The summed E-state index contributed by atoms with van der Waals surface area (Å²) in [5, 5.41) is 12.7. The van der Waals surface area contributed by atoms with Gasteiger partial charge in [-0.25, -0.2) is 0 Å². The van der Waals surface area contributed by atoms with Gasteiger partial charge in [-0.2, -0.15) is 5.26 Å². The van der Waals surface area contributed by atoms with Gasteiger partial charge in [-0.15, -0.1) is 6.58 Å². The molecule has 6 heteroatoms. The van der Waals surface area contributed by atoms with Crippen LogP contribution < -0.4 is 10.1 Å². The molecule has 0 heterocycles. The second-order valence-electron chi connectivity index (χ2n) is 6.17. The van der Waals surface area contributed by atoms with E-state index in [9.17, 15) is 10.1 Å². The van der Waals surface area contributed by atoms with Crippen LogP contribution in [0.4, 0.5) is 5.69 Å². The van der Waals surface area contributed by atoms with E-state index in [0.29, 0.717) is 39.5 Å². The Bertz CT molecular complexity index is 1020. The molecule has 29 heavy (non-hydrogen) atoms. The molecule has 2 rings (SSSR count). The highest BCUT2D eigenvalue weighted by Crippen LogP contribution is 2.32. The Hall–Kier alpha value is -2.81. The first kappa shape index (κ1) is 22.5. The van der Waals surface area contributed by atoms with Gasteiger partial charge in [-0.05, 0) is 76.3 Å². The molecule has 0 radical (unpaired) electrons. The molecule has 0 aromatic heterocycles. The molecule has 0 aliphatic carbocycles. The molecule has 0 atom stereocenters. The van der Waals surface area contributed by atoms with Crippen LogP contribution in [0.5, 0.6) is 5.75 Å². The van der Waals surface area contributed by atoms with E-state index in [-0.39, 0.29) is 5.57 Å². The van der Waals surface area contributed by atoms with E-state index in [1.807, 2.05) is 19.1 Å². The Kier molecular flexibility index (Phi) is 8.26. The van der Waals surface area contributed by atoms with Crippen molar-refractivity contribution in [3.63, 3.8) is 0 Å². The summed E-state index contributed by atoms with van der Waals surface area (Å²) in [7, 11) is 0. The molecule has 2 aromatic rings. The number of nitrogens with one attached hydrogen (secondary N) is 1.